The number of halogens is 2. The Hall–Kier alpha value is -2.92. The second kappa shape index (κ2) is 9.98. The summed E-state index contributed by atoms with van der Waals surface area (Å²) in [6.45, 7) is 5.69. The van der Waals surface area contributed by atoms with Gasteiger partial charge in [0.1, 0.15) is 0 Å². The lowest BCUT2D eigenvalue weighted by Crippen LogP contribution is -2.09. The molecule has 0 aliphatic rings. The van der Waals surface area contributed by atoms with Gasteiger partial charge in [0.05, 0.1) is 36.1 Å². The van der Waals surface area contributed by atoms with Gasteiger partial charge in [-0.05, 0) is 25.1 Å². The first-order valence-electron chi connectivity index (χ1n) is 10.3. The van der Waals surface area contributed by atoms with Crippen molar-refractivity contribution in [2.45, 2.75) is 30.2 Å². The van der Waals surface area contributed by atoms with Gasteiger partial charge in [-0.1, -0.05) is 66.6 Å². The lowest BCUT2D eigenvalue weighted by atomic mass is 10.0. The average Bonchev–Trinajstić information content (AvgIpc) is 3.36. The van der Waals surface area contributed by atoms with E-state index in [1.165, 1.54) is 34.2 Å². The molecule has 4 rings (SSSR count). The third-order valence-corrected chi connectivity index (χ3v) is 7.92. The zero-order valence-electron chi connectivity index (χ0n) is 18.7. The van der Waals surface area contributed by atoms with Crippen LogP contribution in [0.2, 0.25) is 10.0 Å². The van der Waals surface area contributed by atoms with Crippen LogP contribution in [0.3, 0.4) is 0 Å². The fourth-order valence-electron chi connectivity index (χ4n) is 3.54. The van der Waals surface area contributed by atoms with Crippen LogP contribution in [0.15, 0.2) is 46.7 Å². The number of nitro groups is 1. The monoisotopic (exact) mass is 548 g/mol. The third kappa shape index (κ3) is 4.92. The molecular formula is C23H18Cl2N4O4S2. The molecule has 12 heteroatoms. The van der Waals surface area contributed by atoms with Gasteiger partial charge >= 0.3 is 5.97 Å². The molecule has 2 aromatic carbocycles. The summed E-state index contributed by atoms with van der Waals surface area (Å²) in [6, 6.07) is 11.2. The van der Waals surface area contributed by atoms with Gasteiger partial charge in [-0.25, -0.2) is 9.78 Å². The number of aromatic carboxylic acids is 1. The Bertz CT molecular complexity index is 1470. The van der Waals surface area contributed by atoms with Crippen molar-refractivity contribution < 1.29 is 14.8 Å². The predicted octanol–water partition coefficient (Wildman–Crippen LogP) is 7.38. The van der Waals surface area contributed by atoms with Crippen molar-refractivity contribution in [2.75, 3.05) is 0 Å². The summed E-state index contributed by atoms with van der Waals surface area (Å²) in [5.41, 5.74) is 1.63. The highest BCUT2D eigenvalue weighted by Gasteiger charge is 2.30. The molecule has 0 aliphatic heterocycles. The number of para-hydroxylation sites is 1. The Morgan fingerprint density at radius 1 is 1.20 bits per heavy atom. The van der Waals surface area contributed by atoms with Gasteiger partial charge in [-0.2, -0.15) is 9.78 Å². The minimum Gasteiger partial charge on any atom is -0.476 e. The van der Waals surface area contributed by atoms with Crippen LogP contribution in [0.1, 0.15) is 30.0 Å². The summed E-state index contributed by atoms with van der Waals surface area (Å²) in [4.78, 5) is 28.2. The van der Waals surface area contributed by atoms with Crippen LogP contribution in [0, 0.1) is 17.0 Å². The van der Waals surface area contributed by atoms with E-state index in [-0.39, 0.29) is 27.8 Å². The number of aromatic nitrogens is 3. The number of carboxylic acids is 1. The maximum Gasteiger partial charge on any atom is 0.355 e. The molecule has 2 heterocycles. The van der Waals surface area contributed by atoms with Gasteiger partial charge in [-0.15, -0.1) is 11.8 Å². The Balaban J connectivity index is 1.95. The lowest BCUT2D eigenvalue weighted by Gasteiger charge is -2.05. The van der Waals surface area contributed by atoms with E-state index in [4.69, 9.17) is 28.2 Å². The number of hydrogen-bond acceptors (Lipinski definition) is 7. The Kier molecular flexibility index (Phi) is 7.18. The lowest BCUT2D eigenvalue weighted by molar-refractivity contribution is -0.384. The molecule has 0 fully saturated rings. The number of benzene rings is 2. The van der Waals surface area contributed by atoms with Crippen LogP contribution in [-0.2, 0) is 0 Å². The van der Waals surface area contributed by atoms with Crippen LogP contribution < -0.4 is 0 Å². The van der Waals surface area contributed by atoms with Crippen LogP contribution in [0.5, 0.6) is 0 Å². The number of carboxylic acid groups (broad SMARTS) is 1. The van der Waals surface area contributed by atoms with Gasteiger partial charge in [0, 0.05) is 22.4 Å². The predicted molar refractivity (Wildman–Crippen MR) is 139 cm³/mol. The molecule has 2 aromatic heterocycles. The van der Waals surface area contributed by atoms with E-state index in [2.05, 4.69) is 5.10 Å². The summed E-state index contributed by atoms with van der Waals surface area (Å²) in [5, 5.41) is 27.5. The van der Waals surface area contributed by atoms with Crippen LogP contribution in [-0.4, -0.2) is 36.0 Å². The molecule has 0 atom stereocenters. The van der Waals surface area contributed by atoms with Crippen molar-refractivity contribution in [1.82, 2.24) is 14.8 Å². The zero-order valence-corrected chi connectivity index (χ0v) is 21.8. The van der Waals surface area contributed by atoms with Crippen molar-refractivity contribution in [3.8, 4) is 27.5 Å². The number of carbonyl (C=O) groups is 1. The van der Waals surface area contributed by atoms with Crippen molar-refractivity contribution in [1.29, 1.82) is 0 Å². The van der Waals surface area contributed by atoms with Crippen molar-refractivity contribution in [3.05, 3.63) is 74.0 Å². The number of nitrogens with zero attached hydrogens (tertiary/aromatic N) is 4. The molecule has 0 bridgehead atoms. The summed E-state index contributed by atoms with van der Waals surface area (Å²) in [7, 11) is 0. The maximum atomic E-state index is 12.4. The average molecular weight is 549 g/mol. The fraction of sp³-hybridized carbons (Fsp3) is 0.174. The highest BCUT2D eigenvalue weighted by molar-refractivity contribution is 8.01. The Morgan fingerprint density at radius 3 is 2.54 bits per heavy atom. The molecule has 1 N–H and O–H groups in total. The van der Waals surface area contributed by atoms with E-state index < -0.39 is 10.9 Å². The van der Waals surface area contributed by atoms with Crippen molar-refractivity contribution in [3.63, 3.8) is 0 Å². The van der Waals surface area contributed by atoms with Crippen LogP contribution in [0.4, 0.5) is 5.69 Å². The van der Waals surface area contributed by atoms with Crippen molar-refractivity contribution in [2.24, 2.45) is 0 Å². The molecule has 180 valence electrons. The standard InChI is InChI=1S/C23H18Cl2N4O4S2/c1-11(2)34-22-19(13-8-9-15(24)16(25)10-13)26-23(35-22)28-20(21(30)31)18(12(3)27-28)14-6-4-5-7-17(14)29(32)33/h4-11H,1-3H3,(H,30,31). The molecule has 35 heavy (non-hydrogen) atoms. The first-order valence-corrected chi connectivity index (χ1v) is 12.7. The Labute approximate surface area is 218 Å². The largest absolute Gasteiger partial charge is 0.476 e. The summed E-state index contributed by atoms with van der Waals surface area (Å²) in [5.74, 6) is -1.27. The smallest absolute Gasteiger partial charge is 0.355 e. The molecule has 0 radical (unpaired) electrons. The van der Waals surface area contributed by atoms with E-state index in [1.54, 1.807) is 43.0 Å². The molecule has 0 amide bonds. The molecule has 8 nitrogen and oxygen atoms in total. The minimum atomic E-state index is -1.27. The molecule has 0 saturated heterocycles. The van der Waals surface area contributed by atoms with Crippen molar-refractivity contribution >= 4 is 58.0 Å². The number of hydrogen-bond donors (Lipinski definition) is 1. The maximum absolute atomic E-state index is 12.4. The number of thioether (sulfide) groups is 1. The first kappa shape index (κ1) is 25.2. The SMILES string of the molecule is Cc1nn(-c2nc(-c3ccc(Cl)c(Cl)c3)c(SC(C)C)s2)c(C(=O)O)c1-c1ccccc1[N+](=O)[O-]. The summed E-state index contributed by atoms with van der Waals surface area (Å²) in [6.07, 6.45) is 0. The number of thiazole rings is 1. The molecule has 4 aromatic rings. The van der Waals surface area contributed by atoms with Gasteiger partial charge in [0.2, 0.25) is 5.13 Å². The zero-order chi connectivity index (χ0) is 25.4. The molecular weight excluding hydrogens is 531 g/mol. The number of aryl methyl sites for hydroxylation is 1. The summed E-state index contributed by atoms with van der Waals surface area (Å²) >= 11 is 15.2. The minimum absolute atomic E-state index is 0.175. The number of nitro benzene ring substituents is 1. The third-order valence-electron chi connectivity index (χ3n) is 4.93. The van der Waals surface area contributed by atoms with E-state index in [1.807, 2.05) is 13.8 Å². The van der Waals surface area contributed by atoms with E-state index in [0.717, 1.165) is 9.77 Å². The van der Waals surface area contributed by atoms with E-state index in [0.29, 0.717) is 26.6 Å². The Morgan fingerprint density at radius 2 is 1.91 bits per heavy atom. The fourth-order valence-corrected chi connectivity index (χ4v) is 6.31. The van der Waals surface area contributed by atoms with E-state index >= 15 is 0 Å². The summed E-state index contributed by atoms with van der Waals surface area (Å²) < 4.78 is 2.09. The second-order valence-corrected chi connectivity index (χ2v) is 11.4. The molecule has 0 saturated carbocycles. The molecule has 0 unspecified atom stereocenters. The van der Waals surface area contributed by atoms with Gasteiger partial charge < -0.3 is 5.11 Å². The second-order valence-electron chi connectivity index (χ2n) is 7.73. The van der Waals surface area contributed by atoms with Crippen LogP contribution in [0.25, 0.3) is 27.5 Å². The molecule has 0 spiro atoms. The highest BCUT2D eigenvalue weighted by Crippen LogP contribution is 2.42. The van der Waals surface area contributed by atoms with Gasteiger partial charge in [-0.3, -0.25) is 10.1 Å². The topological polar surface area (TPSA) is 111 Å². The van der Waals surface area contributed by atoms with Gasteiger partial charge in [0.15, 0.2) is 5.69 Å². The van der Waals surface area contributed by atoms with E-state index in [9.17, 15) is 20.0 Å². The van der Waals surface area contributed by atoms with Crippen LogP contribution >= 0.6 is 46.3 Å². The first-order chi connectivity index (χ1) is 16.6. The molecule has 0 aliphatic carbocycles. The normalized spacial score (nSPS) is 11.3. The quantitative estimate of drug-likeness (QED) is 0.145. The number of rotatable bonds is 7. The van der Waals surface area contributed by atoms with Gasteiger partial charge in [0.25, 0.3) is 5.69 Å². The highest BCUT2D eigenvalue weighted by atomic mass is 35.5.